The highest BCUT2D eigenvalue weighted by Crippen LogP contribution is 2.59. The molecule has 2 saturated carbocycles. The SMILES string of the molecule is C=C(C)C(CC1(O)CC2C3COC3CC(O)C2(C)C(=O)C(OC(C)=O)C(C)C1(C)C)OC(=O)CC(NC(=O)C1=CCC=CC=C1)c1ccccc1. The van der Waals surface area contributed by atoms with E-state index < -0.39 is 64.6 Å². The van der Waals surface area contributed by atoms with Crippen LogP contribution in [0.3, 0.4) is 0 Å². The maximum absolute atomic E-state index is 14.4. The molecule has 1 aromatic rings. The number of carbonyl (C=O) groups is 4. The van der Waals surface area contributed by atoms with Crippen molar-refractivity contribution in [2.75, 3.05) is 6.61 Å². The Morgan fingerprint density at radius 3 is 2.45 bits per heavy atom. The van der Waals surface area contributed by atoms with E-state index in [4.69, 9.17) is 14.2 Å². The molecule has 0 bridgehead atoms. The molecule has 0 radical (unpaired) electrons. The smallest absolute Gasteiger partial charge is 0.308 e. The second-order valence-corrected chi connectivity index (χ2v) is 15.7. The standard InChI is InChI=1S/C41H53NO9/c1-24(2)33(51-35(45)19-31(27-15-13-10-14-16-27)42-38(47)28-17-11-8-9-12-18-28)22-41(48)21-30-29-23-49-32(29)20-34(44)40(30,7)37(46)36(50-26(4)43)25(3)39(41,5)6/h8-11,13-18,25,29-34,36,44,48H,1,12,19-23H2,2-7H3,(H,42,47). The van der Waals surface area contributed by atoms with Gasteiger partial charge in [0.2, 0.25) is 0 Å². The van der Waals surface area contributed by atoms with Gasteiger partial charge < -0.3 is 29.7 Å². The minimum Gasteiger partial charge on any atom is -0.458 e. The minimum atomic E-state index is -1.59. The Bertz CT molecular complexity index is 1610. The molecule has 3 N–H and O–H groups in total. The molecule has 276 valence electrons. The van der Waals surface area contributed by atoms with Gasteiger partial charge in [0.25, 0.3) is 5.91 Å². The number of ether oxygens (including phenoxy) is 3. The zero-order valence-corrected chi connectivity index (χ0v) is 30.6. The van der Waals surface area contributed by atoms with Gasteiger partial charge in [-0.05, 0) is 49.8 Å². The zero-order chi connectivity index (χ0) is 37.3. The summed E-state index contributed by atoms with van der Waals surface area (Å²) in [5.41, 5.74) is -2.24. The molecule has 10 atom stereocenters. The maximum Gasteiger partial charge on any atom is 0.308 e. The summed E-state index contributed by atoms with van der Waals surface area (Å²) in [5.74, 6) is -3.20. The van der Waals surface area contributed by atoms with Crippen molar-refractivity contribution in [3.63, 3.8) is 0 Å². The minimum absolute atomic E-state index is 0.0552. The lowest BCUT2D eigenvalue weighted by molar-refractivity contribution is -0.253. The van der Waals surface area contributed by atoms with E-state index >= 15 is 0 Å². The summed E-state index contributed by atoms with van der Waals surface area (Å²) in [4.78, 5) is 53.9. The average Bonchev–Trinajstić information content (AvgIpc) is 3.36. The highest BCUT2D eigenvalue weighted by Gasteiger charge is 2.66. The number of carbonyl (C=O) groups excluding carboxylic acids is 4. The van der Waals surface area contributed by atoms with Crippen LogP contribution in [0.5, 0.6) is 0 Å². The maximum atomic E-state index is 14.4. The highest BCUT2D eigenvalue weighted by molar-refractivity contribution is 5.97. The van der Waals surface area contributed by atoms with Crippen molar-refractivity contribution in [3.05, 3.63) is 84.0 Å². The van der Waals surface area contributed by atoms with E-state index in [1.54, 1.807) is 32.9 Å². The van der Waals surface area contributed by atoms with Crippen LogP contribution in [0.4, 0.5) is 0 Å². The van der Waals surface area contributed by atoms with Crippen LogP contribution in [-0.4, -0.2) is 70.5 Å². The average molecular weight is 704 g/mol. The molecule has 1 amide bonds. The normalized spacial score (nSPS) is 33.7. The van der Waals surface area contributed by atoms with Crippen molar-refractivity contribution in [3.8, 4) is 0 Å². The van der Waals surface area contributed by atoms with E-state index in [1.165, 1.54) is 6.92 Å². The van der Waals surface area contributed by atoms with Gasteiger partial charge in [-0.2, -0.15) is 0 Å². The number of aliphatic hydroxyl groups is 2. The lowest BCUT2D eigenvalue weighted by Gasteiger charge is -2.61. The number of allylic oxidation sites excluding steroid dienone is 4. The summed E-state index contributed by atoms with van der Waals surface area (Å²) in [6.45, 7) is 14.6. The molecule has 1 aliphatic heterocycles. The third kappa shape index (κ3) is 7.55. The second kappa shape index (κ2) is 15.0. The lowest BCUT2D eigenvalue weighted by Crippen LogP contribution is -2.69. The summed E-state index contributed by atoms with van der Waals surface area (Å²) in [7, 11) is 0. The van der Waals surface area contributed by atoms with Crippen LogP contribution in [0.2, 0.25) is 0 Å². The molecule has 51 heavy (non-hydrogen) atoms. The van der Waals surface area contributed by atoms with Gasteiger partial charge in [-0.3, -0.25) is 19.2 Å². The first-order valence-electron chi connectivity index (χ1n) is 18.0. The van der Waals surface area contributed by atoms with Crippen LogP contribution in [0.15, 0.2) is 78.4 Å². The van der Waals surface area contributed by atoms with Crippen LogP contribution < -0.4 is 5.32 Å². The van der Waals surface area contributed by atoms with E-state index in [-0.39, 0.29) is 49.4 Å². The van der Waals surface area contributed by atoms with Crippen molar-refractivity contribution in [1.82, 2.24) is 5.32 Å². The molecule has 10 heteroatoms. The molecular formula is C41H53NO9. The van der Waals surface area contributed by atoms with Crippen molar-refractivity contribution in [2.24, 2.45) is 28.6 Å². The van der Waals surface area contributed by atoms with E-state index in [0.717, 1.165) is 5.56 Å². The number of amides is 1. The molecule has 1 heterocycles. The number of esters is 2. The number of fused-ring (bicyclic) bond motifs is 3. The number of hydrogen-bond acceptors (Lipinski definition) is 9. The van der Waals surface area contributed by atoms with Crippen LogP contribution in [0, 0.1) is 28.6 Å². The molecule has 5 rings (SSSR count). The molecule has 10 nitrogen and oxygen atoms in total. The number of Topliss-reactive ketones (excluding diaryl/α,β-unsaturated/α-hetero) is 1. The number of nitrogens with one attached hydrogen (secondary N) is 1. The molecule has 3 aliphatic carbocycles. The molecular weight excluding hydrogens is 650 g/mol. The summed E-state index contributed by atoms with van der Waals surface area (Å²) in [6, 6.07) is 8.50. The van der Waals surface area contributed by atoms with Crippen LogP contribution in [-0.2, 0) is 33.4 Å². The molecule has 1 aromatic carbocycles. The molecule has 10 unspecified atom stereocenters. The Morgan fingerprint density at radius 1 is 1.12 bits per heavy atom. The zero-order valence-electron chi connectivity index (χ0n) is 30.6. The van der Waals surface area contributed by atoms with Crippen molar-refractivity contribution >= 4 is 23.6 Å². The molecule has 0 spiro atoms. The third-order valence-electron chi connectivity index (χ3n) is 12.3. The summed E-state index contributed by atoms with van der Waals surface area (Å²) >= 11 is 0. The fraction of sp³-hybridized carbons (Fsp3) is 0.561. The number of benzene rings is 1. The first-order chi connectivity index (χ1) is 24.0. The van der Waals surface area contributed by atoms with Gasteiger partial charge in [-0.1, -0.05) is 82.0 Å². The molecule has 4 aliphatic rings. The van der Waals surface area contributed by atoms with Crippen LogP contribution in [0.25, 0.3) is 0 Å². The van der Waals surface area contributed by atoms with Gasteiger partial charge in [0.05, 0.1) is 42.3 Å². The van der Waals surface area contributed by atoms with Gasteiger partial charge in [0.15, 0.2) is 11.9 Å². The quantitative estimate of drug-likeness (QED) is 0.219. The van der Waals surface area contributed by atoms with E-state index in [1.807, 2.05) is 62.4 Å². The molecule has 3 fully saturated rings. The first-order valence-corrected chi connectivity index (χ1v) is 18.0. The number of hydrogen-bond donors (Lipinski definition) is 3. The topological polar surface area (TPSA) is 148 Å². The fourth-order valence-electron chi connectivity index (χ4n) is 8.40. The predicted octanol–water partition coefficient (Wildman–Crippen LogP) is 5.25. The van der Waals surface area contributed by atoms with Crippen LogP contribution >= 0.6 is 0 Å². The van der Waals surface area contributed by atoms with Gasteiger partial charge in [0.1, 0.15) is 6.10 Å². The second-order valence-electron chi connectivity index (χ2n) is 15.7. The van der Waals surface area contributed by atoms with Crippen molar-refractivity contribution in [1.29, 1.82) is 0 Å². The van der Waals surface area contributed by atoms with Gasteiger partial charge in [-0.25, -0.2) is 0 Å². The van der Waals surface area contributed by atoms with E-state index in [9.17, 15) is 29.4 Å². The van der Waals surface area contributed by atoms with E-state index in [0.29, 0.717) is 24.2 Å². The Balaban J connectivity index is 1.44. The molecule has 1 saturated heterocycles. The summed E-state index contributed by atoms with van der Waals surface area (Å²) in [6.07, 6.45) is 6.41. The van der Waals surface area contributed by atoms with Gasteiger partial charge in [0, 0.05) is 42.6 Å². The highest BCUT2D eigenvalue weighted by atomic mass is 16.6. The van der Waals surface area contributed by atoms with Gasteiger partial charge >= 0.3 is 11.9 Å². The number of ketones is 1. The summed E-state index contributed by atoms with van der Waals surface area (Å²) < 4.78 is 17.6. The first kappa shape index (κ1) is 38.4. The van der Waals surface area contributed by atoms with E-state index in [2.05, 4.69) is 11.9 Å². The van der Waals surface area contributed by atoms with Gasteiger partial charge in [-0.15, -0.1) is 0 Å². The predicted molar refractivity (Wildman–Crippen MR) is 191 cm³/mol. The molecule has 0 aromatic heterocycles. The van der Waals surface area contributed by atoms with Crippen molar-refractivity contribution < 1.29 is 43.6 Å². The number of rotatable bonds is 10. The Morgan fingerprint density at radius 2 is 1.82 bits per heavy atom. The Hall–Kier alpha value is -3.86. The fourth-order valence-corrected chi connectivity index (χ4v) is 8.40. The largest absolute Gasteiger partial charge is 0.458 e. The Labute approximate surface area is 301 Å². The third-order valence-corrected chi connectivity index (χ3v) is 12.3. The lowest BCUT2D eigenvalue weighted by atomic mass is 9.47. The Kier molecular flexibility index (Phi) is 11.3. The van der Waals surface area contributed by atoms with Crippen LogP contribution in [0.1, 0.15) is 85.3 Å². The number of aliphatic hydroxyl groups excluding tert-OH is 1. The summed E-state index contributed by atoms with van der Waals surface area (Å²) in [5, 5.41) is 27.5. The van der Waals surface area contributed by atoms with Crippen molar-refractivity contribution in [2.45, 2.75) is 110 Å². The monoisotopic (exact) mass is 703 g/mol.